The van der Waals surface area contributed by atoms with Crippen molar-refractivity contribution in [2.75, 3.05) is 34.3 Å². The number of rotatable bonds is 9. The van der Waals surface area contributed by atoms with Gasteiger partial charge in [0.15, 0.2) is 5.96 Å². The molecule has 0 spiro atoms. The lowest BCUT2D eigenvalue weighted by Crippen LogP contribution is -2.36. The number of nitrogens with one attached hydrogen (secondary N) is 2. The van der Waals surface area contributed by atoms with Crippen LogP contribution < -0.4 is 15.4 Å². The van der Waals surface area contributed by atoms with E-state index in [4.69, 9.17) is 9.15 Å². The molecule has 1 aromatic heterocycles. The van der Waals surface area contributed by atoms with E-state index in [-0.39, 0.29) is 0 Å². The van der Waals surface area contributed by atoms with E-state index in [1.807, 2.05) is 56.6 Å². The van der Waals surface area contributed by atoms with Crippen LogP contribution in [0.15, 0.2) is 64.2 Å². The molecule has 0 aliphatic carbocycles. The smallest absolute Gasteiger partial charge is 0.226 e. The zero-order valence-corrected chi connectivity index (χ0v) is 18.7. The third-order valence-electron chi connectivity index (χ3n) is 4.68. The molecule has 0 atom stereocenters. The van der Waals surface area contributed by atoms with Crippen LogP contribution in [0.4, 0.5) is 0 Å². The molecule has 1 heterocycles. The minimum absolute atomic E-state index is 0.517. The van der Waals surface area contributed by atoms with Crippen LogP contribution in [0.5, 0.6) is 5.75 Å². The van der Waals surface area contributed by atoms with Crippen molar-refractivity contribution in [1.29, 1.82) is 0 Å². The number of aliphatic imine (C=N–C) groups is 1. The molecule has 7 heteroatoms. The summed E-state index contributed by atoms with van der Waals surface area (Å²) in [5.41, 5.74) is 4.10. The number of ether oxygens (including phenoxy) is 1. The molecule has 0 saturated carbocycles. The van der Waals surface area contributed by atoms with Gasteiger partial charge in [0.25, 0.3) is 0 Å². The van der Waals surface area contributed by atoms with Crippen LogP contribution in [0.25, 0.3) is 11.5 Å². The van der Waals surface area contributed by atoms with E-state index >= 15 is 0 Å². The maximum absolute atomic E-state index is 5.81. The zero-order valence-electron chi connectivity index (χ0n) is 18.7. The number of hydrogen-bond donors (Lipinski definition) is 2. The summed E-state index contributed by atoms with van der Waals surface area (Å²) in [6.07, 6.45) is 1.67. The molecule has 0 amide bonds. The standard InChI is InChI=1S/C24H31N5O2/c1-18-8-10-20(11-9-18)23-28-21(17-31-23)16-27-24(25-2)26-15-19-6-5-7-22(14-19)30-13-12-29(3)4/h5-11,14,17H,12-13,15-16H2,1-4H3,(H2,25,26,27). The Hall–Kier alpha value is -3.32. The number of guanidine groups is 1. The predicted molar refractivity (Wildman–Crippen MR) is 124 cm³/mol. The lowest BCUT2D eigenvalue weighted by atomic mass is 10.1. The first-order valence-electron chi connectivity index (χ1n) is 10.4. The number of likely N-dealkylation sites (N-methyl/N-ethyl adjacent to an activating group) is 1. The van der Waals surface area contributed by atoms with Crippen molar-refractivity contribution in [2.24, 2.45) is 4.99 Å². The fourth-order valence-corrected chi connectivity index (χ4v) is 2.89. The van der Waals surface area contributed by atoms with Crippen molar-refractivity contribution in [3.8, 4) is 17.2 Å². The van der Waals surface area contributed by atoms with Crippen LogP contribution in [0.2, 0.25) is 0 Å². The van der Waals surface area contributed by atoms with Crippen molar-refractivity contribution in [3.63, 3.8) is 0 Å². The summed E-state index contributed by atoms with van der Waals surface area (Å²) in [7, 11) is 5.81. The van der Waals surface area contributed by atoms with Crippen molar-refractivity contribution >= 4 is 5.96 Å². The minimum atomic E-state index is 0.517. The summed E-state index contributed by atoms with van der Waals surface area (Å²) < 4.78 is 11.4. The fraction of sp³-hybridized carbons (Fsp3) is 0.333. The monoisotopic (exact) mass is 421 g/mol. The third kappa shape index (κ3) is 7.15. The van der Waals surface area contributed by atoms with Gasteiger partial charge in [-0.15, -0.1) is 0 Å². The second-order valence-electron chi connectivity index (χ2n) is 7.59. The molecule has 3 rings (SSSR count). The molecule has 164 valence electrons. The molecule has 3 aromatic rings. The number of hydrogen-bond acceptors (Lipinski definition) is 5. The molecule has 7 nitrogen and oxygen atoms in total. The number of aryl methyl sites for hydroxylation is 1. The van der Waals surface area contributed by atoms with Gasteiger partial charge < -0.3 is 24.7 Å². The Morgan fingerprint density at radius 2 is 1.87 bits per heavy atom. The molecule has 0 unspecified atom stereocenters. The fourth-order valence-electron chi connectivity index (χ4n) is 2.89. The van der Waals surface area contributed by atoms with Crippen molar-refractivity contribution < 1.29 is 9.15 Å². The van der Waals surface area contributed by atoms with Crippen LogP contribution in [0.1, 0.15) is 16.8 Å². The van der Waals surface area contributed by atoms with Crippen LogP contribution in [-0.2, 0) is 13.1 Å². The highest BCUT2D eigenvalue weighted by Crippen LogP contribution is 2.19. The number of oxazole rings is 1. The molecule has 0 radical (unpaired) electrons. The van der Waals surface area contributed by atoms with Gasteiger partial charge in [-0.3, -0.25) is 4.99 Å². The van der Waals surface area contributed by atoms with Crippen LogP contribution in [0, 0.1) is 6.92 Å². The predicted octanol–water partition coefficient (Wildman–Crippen LogP) is 3.46. The molecule has 0 aliphatic heterocycles. The topological polar surface area (TPSA) is 74.9 Å². The SMILES string of the molecule is CN=C(NCc1cccc(OCCN(C)C)c1)NCc1coc(-c2ccc(C)cc2)n1. The van der Waals surface area contributed by atoms with Gasteiger partial charge in [0.2, 0.25) is 5.89 Å². The Bertz CT molecular complexity index is 980. The zero-order chi connectivity index (χ0) is 22.1. The first-order valence-corrected chi connectivity index (χ1v) is 10.4. The molecule has 2 N–H and O–H groups in total. The first kappa shape index (κ1) is 22.4. The number of aromatic nitrogens is 1. The summed E-state index contributed by atoms with van der Waals surface area (Å²) >= 11 is 0. The second-order valence-corrected chi connectivity index (χ2v) is 7.59. The van der Waals surface area contributed by atoms with Gasteiger partial charge in [0, 0.05) is 25.7 Å². The first-order chi connectivity index (χ1) is 15.0. The molecular formula is C24H31N5O2. The lowest BCUT2D eigenvalue weighted by molar-refractivity contribution is 0.261. The van der Waals surface area contributed by atoms with E-state index in [0.717, 1.165) is 29.1 Å². The molecule has 2 aromatic carbocycles. The number of benzene rings is 2. The highest BCUT2D eigenvalue weighted by Gasteiger charge is 2.07. The van der Waals surface area contributed by atoms with E-state index in [9.17, 15) is 0 Å². The van der Waals surface area contributed by atoms with E-state index < -0.39 is 0 Å². The molecule has 31 heavy (non-hydrogen) atoms. The van der Waals surface area contributed by atoms with Gasteiger partial charge in [-0.05, 0) is 50.8 Å². The molecule has 0 saturated heterocycles. The van der Waals surface area contributed by atoms with Gasteiger partial charge >= 0.3 is 0 Å². The number of nitrogens with zero attached hydrogens (tertiary/aromatic N) is 3. The van der Waals surface area contributed by atoms with E-state index in [1.54, 1.807) is 13.3 Å². The van der Waals surface area contributed by atoms with Gasteiger partial charge in [-0.1, -0.05) is 29.8 Å². The van der Waals surface area contributed by atoms with Crippen molar-refractivity contribution in [2.45, 2.75) is 20.0 Å². The van der Waals surface area contributed by atoms with Crippen LogP contribution in [-0.4, -0.2) is 50.1 Å². The Labute approximate surface area is 184 Å². The van der Waals surface area contributed by atoms with Crippen LogP contribution >= 0.6 is 0 Å². The maximum Gasteiger partial charge on any atom is 0.226 e. The molecule has 0 aliphatic rings. The quantitative estimate of drug-likeness (QED) is 0.407. The average Bonchev–Trinajstić information content (AvgIpc) is 3.23. The third-order valence-corrected chi connectivity index (χ3v) is 4.68. The summed E-state index contributed by atoms with van der Waals surface area (Å²) in [5.74, 6) is 2.18. The van der Waals surface area contributed by atoms with E-state index in [2.05, 4.69) is 38.5 Å². The van der Waals surface area contributed by atoms with Crippen molar-refractivity contribution in [3.05, 3.63) is 71.6 Å². The Kier molecular flexibility index (Phi) is 8.06. The van der Waals surface area contributed by atoms with Crippen LogP contribution in [0.3, 0.4) is 0 Å². The largest absolute Gasteiger partial charge is 0.492 e. The Morgan fingerprint density at radius 1 is 1.10 bits per heavy atom. The van der Waals surface area contributed by atoms with E-state index in [1.165, 1.54) is 5.56 Å². The van der Waals surface area contributed by atoms with Crippen molar-refractivity contribution in [1.82, 2.24) is 20.5 Å². The highest BCUT2D eigenvalue weighted by molar-refractivity contribution is 5.79. The Morgan fingerprint density at radius 3 is 2.61 bits per heavy atom. The maximum atomic E-state index is 5.81. The molecular weight excluding hydrogens is 390 g/mol. The van der Waals surface area contributed by atoms with E-state index in [0.29, 0.717) is 31.5 Å². The lowest BCUT2D eigenvalue weighted by Gasteiger charge is -2.13. The Balaban J connectivity index is 1.48. The summed E-state index contributed by atoms with van der Waals surface area (Å²) in [6, 6.07) is 16.2. The summed E-state index contributed by atoms with van der Waals surface area (Å²) in [4.78, 5) is 10.9. The van der Waals surface area contributed by atoms with Gasteiger partial charge in [-0.25, -0.2) is 4.98 Å². The highest BCUT2D eigenvalue weighted by atomic mass is 16.5. The molecule has 0 bridgehead atoms. The van der Waals surface area contributed by atoms with Gasteiger partial charge in [0.1, 0.15) is 18.6 Å². The second kappa shape index (κ2) is 11.2. The average molecular weight is 422 g/mol. The minimum Gasteiger partial charge on any atom is -0.492 e. The van der Waals surface area contributed by atoms with Gasteiger partial charge in [-0.2, -0.15) is 0 Å². The van der Waals surface area contributed by atoms with Gasteiger partial charge in [0.05, 0.1) is 12.2 Å². The summed E-state index contributed by atoms with van der Waals surface area (Å²) in [6.45, 7) is 4.75. The summed E-state index contributed by atoms with van der Waals surface area (Å²) in [5, 5.41) is 6.59. The molecule has 0 fully saturated rings. The normalized spacial score (nSPS) is 11.6.